The number of H-pyrrole nitrogens is 1. The van der Waals surface area contributed by atoms with Crippen LogP contribution in [0.4, 0.5) is 0 Å². The monoisotopic (exact) mass is 397 g/mol. The van der Waals surface area contributed by atoms with Gasteiger partial charge < -0.3 is 9.40 Å². The van der Waals surface area contributed by atoms with Crippen LogP contribution in [0, 0.1) is 0 Å². The zero-order valence-electron chi connectivity index (χ0n) is 16.8. The lowest BCUT2D eigenvalue weighted by molar-refractivity contribution is 0.311. The van der Waals surface area contributed by atoms with Crippen molar-refractivity contribution in [3.05, 3.63) is 96.2 Å². The van der Waals surface area contributed by atoms with E-state index in [1.165, 1.54) is 5.56 Å². The summed E-state index contributed by atoms with van der Waals surface area (Å²) in [6.45, 7) is 2.19. The smallest absolute Gasteiger partial charge is 0.156 e. The molecule has 0 saturated heterocycles. The highest BCUT2D eigenvalue weighted by atomic mass is 16.3. The number of para-hydroxylation sites is 1. The Morgan fingerprint density at radius 2 is 1.87 bits per heavy atom. The van der Waals surface area contributed by atoms with E-state index >= 15 is 0 Å². The fourth-order valence-electron chi connectivity index (χ4n) is 3.72. The Balaban J connectivity index is 1.48. The van der Waals surface area contributed by atoms with Crippen molar-refractivity contribution < 1.29 is 4.42 Å². The van der Waals surface area contributed by atoms with Crippen molar-refractivity contribution in [3.8, 4) is 11.5 Å². The minimum Gasteiger partial charge on any atom is -0.454 e. The van der Waals surface area contributed by atoms with Gasteiger partial charge in [-0.25, -0.2) is 4.98 Å². The van der Waals surface area contributed by atoms with Gasteiger partial charge in [0.15, 0.2) is 5.76 Å². The maximum absolute atomic E-state index is 6.13. The summed E-state index contributed by atoms with van der Waals surface area (Å²) in [6, 6.07) is 20.5. The van der Waals surface area contributed by atoms with Gasteiger partial charge in [0.1, 0.15) is 17.1 Å². The molecule has 0 radical (unpaired) electrons. The van der Waals surface area contributed by atoms with E-state index in [0.717, 1.165) is 53.4 Å². The lowest BCUT2D eigenvalue weighted by Crippen LogP contribution is -2.18. The van der Waals surface area contributed by atoms with Crippen molar-refractivity contribution in [2.24, 2.45) is 0 Å². The normalized spacial score (nSPS) is 11.5. The number of rotatable bonds is 7. The molecule has 0 atom stereocenters. The van der Waals surface area contributed by atoms with Gasteiger partial charge in [0.05, 0.1) is 13.1 Å². The van der Waals surface area contributed by atoms with E-state index < -0.39 is 0 Å². The minimum absolute atomic E-state index is 0.718. The second-order valence-electron chi connectivity index (χ2n) is 7.54. The highest BCUT2D eigenvalue weighted by molar-refractivity contribution is 5.82. The molecule has 0 amide bonds. The topological polar surface area (TPSA) is 62.9 Å². The lowest BCUT2D eigenvalue weighted by atomic mass is 10.2. The van der Waals surface area contributed by atoms with Crippen molar-refractivity contribution >= 4 is 11.0 Å². The predicted molar refractivity (Wildman–Crippen MR) is 117 cm³/mol. The van der Waals surface area contributed by atoms with Crippen LogP contribution in [-0.4, -0.2) is 31.7 Å². The number of furan rings is 1. The first-order chi connectivity index (χ1) is 14.7. The molecule has 0 bridgehead atoms. The van der Waals surface area contributed by atoms with Gasteiger partial charge >= 0.3 is 0 Å². The van der Waals surface area contributed by atoms with Gasteiger partial charge in [-0.2, -0.15) is 5.10 Å². The highest BCUT2D eigenvalue weighted by Gasteiger charge is 2.17. The summed E-state index contributed by atoms with van der Waals surface area (Å²) in [4.78, 5) is 9.71. The molecule has 0 aliphatic heterocycles. The molecule has 5 rings (SSSR count). The van der Waals surface area contributed by atoms with Gasteiger partial charge in [-0.05, 0) is 24.7 Å². The lowest BCUT2D eigenvalue weighted by Gasteiger charge is -2.14. The summed E-state index contributed by atoms with van der Waals surface area (Å²) < 4.78 is 8.13. The van der Waals surface area contributed by atoms with Crippen LogP contribution >= 0.6 is 0 Å². The average molecular weight is 397 g/mol. The Kier molecular flexibility index (Phi) is 4.91. The fraction of sp³-hybridized carbons (Fsp3) is 0.167. The second-order valence-corrected chi connectivity index (χ2v) is 7.54. The Labute approximate surface area is 174 Å². The molecule has 3 heterocycles. The molecule has 0 unspecified atom stereocenters. The number of imidazole rings is 1. The maximum atomic E-state index is 6.13. The Bertz CT molecular complexity index is 1200. The first kappa shape index (κ1) is 18.4. The number of aromatic nitrogens is 4. The van der Waals surface area contributed by atoms with Crippen LogP contribution in [-0.2, 0) is 19.6 Å². The van der Waals surface area contributed by atoms with Crippen LogP contribution in [0.15, 0.2) is 83.7 Å². The number of hydrogen-bond donors (Lipinski definition) is 1. The Morgan fingerprint density at radius 3 is 2.67 bits per heavy atom. The average Bonchev–Trinajstić information content (AvgIpc) is 3.48. The summed E-state index contributed by atoms with van der Waals surface area (Å²) >= 11 is 0. The van der Waals surface area contributed by atoms with Gasteiger partial charge in [0.25, 0.3) is 0 Å². The van der Waals surface area contributed by atoms with Crippen LogP contribution in [0.2, 0.25) is 0 Å². The predicted octanol–water partition coefficient (Wildman–Crippen LogP) is 4.70. The van der Waals surface area contributed by atoms with Crippen LogP contribution in [0.3, 0.4) is 0 Å². The van der Waals surface area contributed by atoms with Gasteiger partial charge in [-0.1, -0.05) is 48.5 Å². The van der Waals surface area contributed by atoms with E-state index in [0.29, 0.717) is 0 Å². The quantitative estimate of drug-likeness (QED) is 0.432. The number of benzene rings is 2. The molecule has 1 N–H and O–H groups in total. The molecule has 30 heavy (non-hydrogen) atoms. The molecule has 0 spiro atoms. The van der Waals surface area contributed by atoms with Crippen LogP contribution in [0.5, 0.6) is 0 Å². The minimum atomic E-state index is 0.718. The molecular formula is C24H23N5O. The SMILES string of the molecule is CN(Cc1ncc[nH]1)Cc1cn(Cc2ccccc2)nc1-c1cc2ccccc2o1. The number of hydrogen-bond acceptors (Lipinski definition) is 4. The third kappa shape index (κ3) is 3.90. The van der Waals surface area contributed by atoms with Crippen LogP contribution in [0.1, 0.15) is 17.0 Å². The Morgan fingerprint density at radius 1 is 1.03 bits per heavy atom. The summed E-state index contributed by atoms with van der Waals surface area (Å²) in [5, 5.41) is 5.98. The van der Waals surface area contributed by atoms with E-state index in [9.17, 15) is 0 Å². The van der Waals surface area contributed by atoms with Crippen molar-refractivity contribution in [2.75, 3.05) is 7.05 Å². The third-order valence-electron chi connectivity index (χ3n) is 5.10. The second kappa shape index (κ2) is 8.00. The first-order valence-electron chi connectivity index (χ1n) is 10.0. The van der Waals surface area contributed by atoms with E-state index in [4.69, 9.17) is 9.52 Å². The van der Waals surface area contributed by atoms with Crippen LogP contribution in [0.25, 0.3) is 22.4 Å². The van der Waals surface area contributed by atoms with E-state index in [2.05, 4.69) is 64.5 Å². The van der Waals surface area contributed by atoms with Gasteiger partial charge in [0.2, 0.25) is 0 Å². The van der Waals surface area contributed by atoms with Gasteiger partial charge in [0, 0.05) is 36.1 Å². The summed E-state index contributed by atoms with van der Waals surface area (Å²) in [7, 11) is 2.08. The van der Waals surface area contributed by atoms with Crippen molar-refractivity contribution in [1.82, 2.24) is 24.6 Å². The molecule has 0 fully saturated rings. The molecule has 6 nitrogen and oxygen atoms in total. The molecule has 5 aromatic rings. The Hall–Kier alpha value is -3.64. The van der Waals surface area contributed by atoms with Gasteiger partial charge in [-0.15, -0.1) is 0 Å². The van der Waals surface area contributed by atoms with E-state index in [1.807, 2.05) is 35.1 Å². The number of nitrogens with one attached hydrogen (secondary N) is 1. The first-order valence-corrected chi connectivity index (χ1v) is 10.0. The summed E-state index contributed by atoms with van der Waals surface area (Å²) in [5.41, 5.74) is 4.10. The largest absolute Gasteiger partial charge is 0.454 e. The maximum Gasteiger partial charge on any atom is 0.156 e. The zero-order valence-corrected chi connectivity index (χ0v) is 16.8. The summed E-state index contributed by atoms with van der Waals surface area (Å²) in [5.74, 6) is 1.74. The molecular weight excluding hydrogens is 374 g/mol. The summed E-state index contributed by atoms with van der Waals surface area (Å²) in [6.07, 6.45) is 5.75. The van der Waals surface area contributed by atoms with Gasteiger partial charge in [-0.3, -0.25) is 9.58 Å². The van der Waals surface area contributed by atoms with E-state index in [1.54, 1.807) is 6.20 Å². The third-order valence-corrected chi connectivity index (χ3v) is 5.10. The molecule has 150 valence electrons. The van der Waals surface area contributed by atoms with Crippen LogP contribution < -0.4 is 0 Å². The van der Waals surface area contributed by atoms with E-state index in [-0.39, 0.29) is 0 Å². The van der Waals surface area contributed by atoms with Crippen molar-refractivity contribution in [3.63, 3.8) is 0 Å². The standard InChI is InChI=1S/C24H23N5O/c1-28(17-23-25-11-12-26-23)15-20-16-29(14-18-7-3-2-4-8-18)27-24(20)22-13-19-9-5-6-10-21(19)30-22/h2-13,16H,14-15,17H2,1H3,(H,25,26). The number of fused-ring (bicyclic) bond motifs is 1. The van der Waals surface area contributed by atoms with Crippen molar-refractivity contribution in [1.29, 1.82) is 0 Å². The molecule has 6 heteroatoms. The molecule has 2 aromatic carbocycles. The zero-order chi connectivity index (χ0) is 20.3. The number of aromatic amines is 1. The molecule has 0 aliphatic rings. The fourth-order valence-corrected chi connectivity index (χ4v) is 3.72. The molecule has 0 saturated carbocycles. The molecule has 0 aliphatic carbocycles. The number of nitrogens with zero attached hydrogens (tertiary/aromatic N) is 4. The molecule has 3 aromatic heterocycles. The highest BCUT2D eigenvalue weighted by Crippen LogP contribution is 2.30. The van der Waals surface area contributed by atoms with Crippen molar-refractivity contribution in [2.45, 2.75) is 19.6 Å².